The monoisotopic (exact) mass is 190 g/mol. The summed E-state index contributed by atoms with van der Waals surface area (Å²) in [5, 5.41) is 4.28. The third-order valence-corrected chi connectivity index (χ3v) is 2.28. The van der Waals surface area contributed by atoms with Crippen LogP contribution in [0.5, 0.6) is 0 Å². The fourth-order valence-electron chi connectivity index (χ4n) is 1.52. The Morgan fingerprint density at radius 2 is 2.29 bits per heavy atom. The van der Waals surface area contributed by atoms with E-state index < -0.39 is 0 Å². The van der Waals surface area contributed by atoms with Crippen molar-refractivity contribution >= 4 is 11.3 Å². The Morgan fingerprint density at radius 3 is 3.00 bits per heavy atom. The molecule has 0 bridgehead atoms. The van der Waals surface area contributed by atoms with Gasteiger partial charge in [0.05, 0.1) is 5.69 Å². The second-order valence-corrected chi connectivity index (χ2v) is 3.48. The molecule has 2 N–H and O–H groups in total. The Morgan fingerprint density at radius 1 is 1.50 bits per heavy atom. The zero-order chi connectivity index (χ0) is 10.1. The van der Waals surface area contributed by atoms with Gasteiger partial charge in [0.25, 0.3) is 0 Å². The molecule has 0 unspecified atom stereocenters. The summed E-state index contributed by atoms with van der Waals surface area (Å²) in [6.07, 6.45) is 6.01. The van der Waals surface area contributed by atoms with Crippen molar-refractivity contribution in [3.63, 3.8) is 0 Å². The third kappa shape index (κ3) is 1.32. The highest BCUT2D eigenvalue weighted by molar-refractivity contribution is 5.66. The van der Waals surface area contributed by atoms with Gasteiger partial charge in [-0.1, -0.05) is 13.3 Å². The summed E-state index contributed by atoms with van der Waals surface area (Å²) in [5.74, 6) is 0. The second-order valence-electron chi connectivity index (χ2n) is 3.48. The maximum Gasteiger partial charge on any atom is 0.178 e. The van der Waals surface area contributed by atoms with E-state index in [2.05, 4.69) is 17.0 Å². The topological polar surface area (TPSA) is 56.2 Å². The van der Waals surface area contributed by atoms with E-state index in [1.165, 1.54) is 5.56 Å². The van der Waals surface area contributed by atoms with Gasteiger partial charge < -0.3 is 5.73 Å². The van der Waals surface area contributed by atoms with Gasteiger partial charge >= 0.3 is 0 Å². The molecule has 4 heteroatoms. The summed E-state index contributed by atoms with van der Waals surface area (Å²) < 4.78 is 1.76. The standard InChI is InChI=1S/C10H14N4/c1-3-4-8-5-12-10-9(11)7(2)13-14(10)6-8/h5-6H,3-4,11H2,1-2H3. The van der Waals surface area contributed by atoms with Crippen molar-refractivity contribution in [3.05, 3.63) is 23.7 Å². The Labute approximate surface area is 82.8 Å². The average Bonchev–Trinajstić information content (AvgIpc) is 2.43. The molecule has 74 valence electrons. The molecule has 2 heterocycles. The quantitative estimate of drug-likeness (QED) is 0.782. The molecular weight excluding hydrogens is 176 g/mol. The van der Waals surface area contributed by atoms with Crippen molar-refractivity contribution < 1.29 is 0 Å². The lowest BCUT2D eigenvalue weighted by Crippen LogP contribution is -1.95. The van der Waals surface area contributed by atoms with Gasteiger partial charge in [0.1, 0.15) is 5.69 Å². The van der Waals surface area contributed by atoms with Gasteiger partial charge in [0, 0.05) is 12.4 Å². The Balaban J connectivity index is 2.56. The number of nitrogens with two attached hydrogens (primary N) is 1. The number of hydrogen-bond donors (Lipinski definition) is 1. The van der Waals surface area contributed by atoms with Crippen LogP contribution in [0.15, 0.2) is 12.4 Å². The van der Waals surface area contributed by atoms with Crippen LogP contribution in [0.4, 0.5) is 5.69 Å². The van der Waals surface area contributed by atoms with E-state index in [-0.39, 0.29) is 0 Å². The Hall–Kier alpha value is -1.58. The second kappa shape index (κ2) is 3.29. The number of nitrogens with zero attached hydrogens (tertiary/aromatic N) is 3. The van der Waals surface area contributed by atoms with Crippen molar-refractivity contribution in [2.24, 2.45) is 0 Å². The van der Waals surface area contributed by atoms with E-state index in [1.807, 2.05) is 19.3 Å². The Kier molecular flexibility index (Phi) is 2.11. The van der Waals surface area contributed by atoms with Crippen LogP contribution in [0, 0.1) is 6.92 Å². The first kappa shape index (κ1) is 8.99. The van der Waals surface area contributed by atoms with Gasteiger partial charge in [-0.25, -0.2) is 9.50 Å². The summed E-state index contributed by atoms with van der Waals surface area (Å²) in [6, 6.07) is 0. The van der Waals surface area contributed by atoms with Crippen LogP contribution in [-0.4, -0.2) is 14.6 Å². The van der Waals surface area contributed by atoms with Crippen molar-refractivity contribution in [2.45, 2.75) is 26.7 Å². The smallest absolute Gasteiger partial charge is 0.178 e. The van der Waals surface area contributed by atoms with Crippen LogP contribution >= 0.6 is 0 Å². The van der Waals surface area contributed by atoms with Gasteiger partial charge in [0.15, 0.2) is 5.65 Å². The van der Waals surface area contributed by atoms with E-state index >= 15 is 0 Å². The first-order chi connectivity index (χ1) is 6.72. The first-order valence-corrected chi connectivity index (χ1v) is 4.81. The summed E-state index contributed by atoms with van der Waals surface area (Å²) >= 11 is 0. The van der Waals surface area contributed by atoms with Gasteiger partial charge in [-0.05, 0) is 18.9 Å². The molecule has 0 fully saturated rings. The highest BCUT2D eigenvalue weighted by atomic mass is 15.3. The summed E-state index contributed by atoms with van der Waals surface area (Å²) in [6.45, 7) is 4.04. The van der Waals surface area contributed by atoms with Crippen molar-refractivity contribution in [1.29, 1.82) is 0 Å². The maximum atomic E-state index is 5.82. The highest BCUT2D eigenvalue weighted by Gasteiger charge is 2.06. The van der Waals surface area contributed by atoms with E-state index in [9.17, 15) is 0 Å². The van der Waals surface area contributed by atoms with E-state index in [0.717, 1.165) is 24.2 Å². The molecule has 0 saturated carbocycles. The van der Waals surface area contributed by atoms with E-state index in [4.69, 9.17) is 5.73 Å². The molecule has 0 aliphatic rings. The number of aryl methyl sites for hydroxylation is 2. The summed E-state index contributed by atoms with van der Waals surface area (Å²) in [5.41, 5.74) is 9.28. The van der Waals surface area contributed by atoms with Crippen LogP contribution in [0.1, 0.15) is 24.6 Å². The maximum absolute atomic E-state index is 5.82. The predicted molar refractivity (Wildman–Crippen MR) is 56.1 cm³/mol. The zero-order valence-corrected chi connectivity index (χ0v) is 8.49. The minimum absolute atomic E-state index is 0.674. The van der Waals surface area contributed by atoms with Gasteiger partial charge in [-0.15, -0.1) is 0 Å². The number of rotatable bonds is 2. The fourth-order valence-corrected chi connectivity index (χ4v) is 1.52. The summed E-state index contributed by atoms with van der Waals surface area (Å²) in [4.78, 5) is 4.30. The number of anilines is 1. The van der Waals surface area contributed by atoms with Gasteiger partial charge in [-0.3, -0.25) is 0 Å². The molecule has 0 spiro atoms. The SMILES string of the molecule is CCCc1cnc2c(N)c(C)nn2c1. The molecular formula is C10H14N4. The van der Waals surface area contributed by atoms with Crippen molar-refractivity contribution in [2.75, 3.05) is 5.73 Å². The largest absolute Gasteiger partial charge is 0.394 e. The van der Waals surface area contributed by atoms with E-state index in [0.29, 0.717) is 5.69 Å². The molecule has 0 aromatic carbocycles. The molecule has 2 rings (SSSR count). The zero-order valence-electron chi connectivity index (χ0n) is 8.49. The van der Waals surface area contributed by atoms with Crippen LogP contribution in [0.2, 0.25) is 0 Å². The lowest BCUT2D eigenvalue weighted by atomic mass is 10.2. The molecule has 0 radical (unpaired) electrons. The number of aromatic nitrogens is 3. The predicted octanol–water partition coefficient (Wildman–Crippen LogP) is 1.57. The molecule has 14 heavy (non-hydrogen) atoms. The normalized spacial score (nSPS) is 11.0. The average molecular weight is 190 g/mol. The summed E-state index contributed by atoms with van der Waals surface area (Å²) in [7, 11) is 0. The lowest BCUT2D eigenvalue weighted by Gasteiger charge is -1.98. The number of hydrogen-bond acceptors (Lipinski definition) is 3. The minimum atomic E-state index is 0.674. The highest BCUT2D eigenvalue weighted by Crippen LogP contribution is 2.15. The van der Waals surface area contributed by atoms with Crippen molar-refractivity contribution in [1.82, 2.24) is 14.6 Å². The van der Waals surface area contributed by atoms with Gasteiger partial charge in [0.2, 0.25) is 0 Å². The van der Waals surface area contributed by atoms with Crippen LogP contribution in [0.3, 0.4) is 0 Å². The number of fused-ring (bicyclic) bond motifs is 1. The van der Waals surface area contributed by atoms with Crippen LogP contribution in [0.25, 0.3) is 5.65 Å². The molecule has 0 aliphatic heterocycles. The Bertz CT molecular complexity index is 458. The molecule has 0 saturated heterocycles. The van der Waals surface area contributed by atoms with Crippen LogP contribution in [-0.2, 0) is 6.42 Å². The van der Waals surface area contributed by atoms with E-state index in [1.54, 1.807) is 4.52 Å². The minimum Gasteiger partial charge on any atom is -0.394 e. The first-order valence-electron chi connectivity index (χ1n) is 4.81. The van der Waals surface area contributed by atoms with Crippen molar-refractivity contribution in [3.8, 4) is 0 Å². The molecule has 0 aliphatic carbocycles. The molecule has 2 aromatic rings. The molecule has 4 nitrogen and oxygen atoms in total. The third-order valence-electron chi connectivity index (χ3n) is 2.28. The molecule has 0 amide bonds. The number of nitrogen functional groups attached to an aromatic ring is 1. The van der Waals surface area contributed by atoms with Gasteiger partial charge in [-0.2, -0.15) is 5.10 Å². The molecule has 2 aromatic heterocycles. The fraction of sp³-hybridized carbons (Fsp3) is 0.400. The van der Waals surface area contributed by atoms with Crippen LogP contribution < -0.4 is 5.73 Å². The lowest BCUT2D eigenvalue weighted by molar-refractivity contribution is 0.857. The molecule has 0 atom stereocenters.